The van der Waals surface area contributed by atoms with Crippen molar-refractivity contribution < 1.29 is 4.92 Å². The fourth-order valence-electron chi connectivity index (χ4n) is 1.25. The van der Waals surface area contributed by atoms with E-state index in [2.05, 4.69) is 26.1 Å². The van der Waals surface area contributed by atoms with E-state index >= 15 is 0 Å². The van der Waals surface area contributed by atoms with Gasteiger partial charge in [-0.2, -0.15) is 0 Å². The molecule has 0 aliphatic rings. The van der Waals surface area contributed by atoms with Gasteiger partial charge in [0.1, 0.15) is 0 Å². The number of nitrogens with one attached hydrogen (secondary N) is 1. The Balaban J connectivity index is 2.53. The van der Waals surface area contributed by atoms with Crippen LogP contribution in [0.1, 0.15) is 26.3 Å². The summed E-state index contributed by atoms with van der Waals surface area (Å²) in [6.07, 6.45) is 0. The van der Waals surface area contributed by atoms with Gasteiger partial charge in [0.05, 0.1) is 4.92 Å². The first-order valence-electron chi connectivity index (χ1n) is 5.47. The number of hydrogen-bond donors (Lipinski definition) is 1. The second-order valence-electron chi connectivity index (χ2n) is 4.34. The van der Waals surface area contributed by atoms with Gasteiger partial charge in [-0.25, -0.2) is 0 Å². The number of nitrogens with zero attached hydrogens (tertiary/aromatic N) is 1. The molecule has 1 atom stereocenters. The Morgan fingerprint density at radius 2 is 1.81 bits per heavy atom. The van der Waals surface area contributed by atoms with Crippen LogP contribution < -0.4 is 5.32 Å². The highest BCUT2D eigenvalue weighted by molar-refractivity contribution is 5.32. The fraction of sp³-hybridized carbons (Fsp3) is 0.500. The maximum absolute atomic E-state index is 10.5. The summed E-state index contributed by atoms with van der Waals surface area (Å²) in [4.78, 5) is 10.1. The third-order valence-corrected chi connectivity index (χ3v) is 2.78. The topological polar surface area (TPSA) is 55.2 Å². The van der Waals surface area contributed by atoms with Crippen LogP contribution >= 0.6 is 0 Å². The fourth-order valence-corrected chi connectivity index (χ4v) is 1.25. The van der Waals surface area contributed by atoms with Crippen molar-refractivity contribution >= 4 is 5.69 Å². The Morgan fingerprint density at radius 3 is 2.25 bits per heavy atom. The van der Waals surface area contributed by atoms with Crippen molar-refractivity contribution in [3.05, 3.63) is 39.9 Å². The smallest absolute Gasteiger partial charge is 0.269 e. The molecule has 0 aliphatic heterocycles. The van der Waals surface area contributed by atoms with Crippen molar-refractivity contribution in [3.63, 3.8) is 0 Å². The molecule has 0 fully saturated rings. The molecule has 4 heteroatoms. The van der Waals surface area contributed by atoms with Crippen LogP contribution in [-0.4, -0.2) is 11.0 Å². The van der Waals surface area contributed by atoms with Crippen LogP contribution in [0, 0.1) is 16.0 Å². The molecule has 0 saturated carbocycles. The molecule has 0 aromatic heterocycles. The van der Waals surface area contributed by atoms with Crippen molar-refractivity contribution in [1.82, 2.24) is 5.32 Å². The Bertz CT molecular complexity index is 347. The molecule has 0 spiro atoms. The first-order valence-corrected chi connectivity index (χ1v) is 5.47. The summed E-state index contributed by atoms with van der Waals surface area (Å²) in [6, 6.07) is 7.10. The molecule has 1 N–H and O–H groups in total. The summed E-state index contributed by atoms with van der Waals surface area (Å²) in [7, 11) is 0. The van der Waals surface area contributed by atoms with Crippen molar-refractivity contribution in [1.29, 1.82) is 0 Å². The molecule has 0 radical (unpaired) electrons. The van der Waals surface area contributed by atoms with Gasteiger partial charge < -0.3 is 5.32 Å². The molecule has 0 heterocycles. The normalized spacial score (nSPS) is 12.8. The molecule has 1 aromatic carbocycles. The molecular formula is C12H18N2O2. The van der Waals surface area contributed by atoms with Crippen LogP contribution in [0.3, 0.4) is 0 Å². The molecule has 0 aliphatic carbocycles. The quantitative estimate of drug-likeness (QED) is 0.615. The number of hydrogen-bond acceptors (Lipinski definition) is 3. The Hall–Kier alpha value is -1.42. The average Bonchev–Trinajstić information content (AvgIpc) is 2.26. The largest absolute Gasteiger partial charge is 0.310 e. The molecule has 16 heavy (non-hydrogen) atoms. The van der Waals surface area contributed by atoms with Gasteiger partial charge >= 0.3 is 0 Å². The van der Waals surface area contributed by atoms with E-state index in [4.69, 9.17) is 0 Å². The SMILES string of the molecule is CC(C)[C@H](C)NCc1ccc([N+](=O)[O-])cc1. The lowest BCUT2D eigenvalue weighted by molar-refractivity contribution is -0.384. The van der Waals surface area contributed by atoms with Gasteiger partial charge in [0.25, 0.3) is 5.69 Å². The van der Waals surface area contributed by atoms with E-state index in [9.17, 15) is 10.1 Å². The van der Waals surface area contributed by atoms with Crippen LogP contribution in [0.4, 0.5) is 5.69 Å². The van der Waals surface area contributed by atoms with Crippen molar-refractivity contribution in [2.24, 2.45) is 5.92 Å². The molecule has 1 rings (SSSR count). The number of nitro groups is 1. The predicted molar refractivity (Wildman–Crippen MR) is 64.2 cm³/mol. The number of non-ortho nitro benzene ring substituents is 1. The predicted octanol–water partition coefficient (Wildman–Crippen LogP) is 2.73. The summed E-state index contributed by atoms with van der Waals surface area (Å²) < 4.78 is 0. The second kappa shape index (κ2) is 5.61. The van der Waals surface area contributed by atoms with E-state index in [0.29, 0.717) is 12.0 Å². The second-order valence-corrected chi connectivity index (χ2v) is 4.34. The van der Waals surface area contributed by atoms with E-state index in [1.807, 2.05) is 0 Å². The molecule has 0 saturated heterocycles. The van der Waals surface area contributed by atoms with E-state index in [-0.39, 0.29) is 10.6 Å². The van der Waals surface area contributed by atoms with Crippen molar-refractivity contribution in [2.75, 3.05) is 0 Å². The highest BCUT2D eigenvalue weighted by Gasteiger charge is 2.07. The minimum Gasteiger partial charge on any atom is -0.310 e. The highest BCUT2D eigenvalue weighted by atomic mass is 16.6. The van der Waals surface area contributed by atoms with Gasteiger partial charge in [0.15, 0.2) is 0 Å². The lowest BCUT2D eigenvalue weighted by Crippen LogP contribution is -2.30. The van der Waals surface area contributed by atoms with Crippen LogP contribution in [0.5, 0.6) is 0 Å². The van der Waals surface area contributed by atoms with Gasteiger partial charge in [-0.05, 0) is 18.4 Å². The van der Waals surface area contributed by atoms with Gasteiger partial charge in [0.2, 0.25) is 0 Å². The molecule has 0 bridgehead atoms. The first kappa shape index (κ1) is 12.6. The lowest BCUT2D eigenvalue weighted by atomic mass is 10.1. The molecular weight excluding hydrogens is 204 g/mol. The Labute approximate surface area is 95.8 Å². The van der Waals surface area contributed by atoms with Crippen LogP contribution in [-0.2, 0) is 6.54 Å². The Morgan fingerprint density at radius 1 is 1.25 bits per heavy atom. The van der Waals surface area contributed by atoms with Crippen LogP contribution in [0.15, 0.2) is 24.3 Å². The number of rotatable bonds is 5. The monoisotopic (exact) mass is 222 g/mol. The number of benzene rings is 1. The van der Waals surface area contributed by atoms with Crippen molar-refractivity contribution in [2.45, 2.75) is 33.4 Å². The molecule has 4 nitrogen and oxygen atoms in total. The summed E-state index contributed by atoms with van der Waals surface area (Å²) in [5, 5.41) is 13.8. The third-order valence-electron chi connectivity index (χ3n) is 2.78. The van der Waals surface area contributed by atoms with Crippen LogP contribution in [0.25, 0.3) is 0 Å². The maximum Gasteiger partial charge on any atom is 0.269 e. The van der Waals surface area contributed by atoms with E-state index in [0.717, 1.165) is 12.1 Å². The molecule has 0 unspecified atom stereocenters. The van der Waals surface area contributed by atoms with Crippen molar-refractivity contribution in [3.8, 4) is 0 Å². The summed E-state index contributed by atoms with van der Waals surface area (Å²) in [5.41, 5.74) is 1.21. The molecule has 0 amide bonds. The van der Waals surface area contributed by atoms with Gasteiger partial charge in [-0.1, -0.05) is 26.0 Å². The Kier molecular flexibility index (Phi) is 4.43. The number of nitro benzene ring substituents is 1. The molecule has 1 aromatic rings. The summed E-state index contributed by atoms with van der Waals surface area (Å²) in [5.74, 6) is 0.582. The maximum atomic E-state index is 10.5. The van der Waals surface area contributed by atoms with E-state index in [1.54, 1.807) is 12.1 Å². The van der Waals surface area contributed by atoms with Gasteiger partial charge in [-0.3, -0.25) is 10.1 Å². The minimum absolute atomic E-state index is 0.139. The zero-order chi connectivity index (χ0) is 12.1. The van der Waals surface area contributed by atoms with E-state index in [1.165, 1.54) is 12.1 Å². The summed E-state index contributed by atoms with van der Waals surface area (Å²) >= 11 is 0. The standard InChI is InChI=1S/C12H18N2O2/c1-9(2)10(3)13-8-11-4-6-12(7-5-11)14(15)16/h4-7,9-10,13H,8H2,1-3H3/t10-/m0/s1. The zero-order valence-electron chi connectivity index (χ0n) is 9.93. The molecule has 88 valence electrons. The van der Waals surface area contributed by atoms with Crippen LogP contribution in [0.2, 0.25) is 0 Å². The van der Waals surface area contributed by atoms with Gasteiger partial charge in [0, 0.05) is 24.7 Å². The third kappa shape index (κ3) is 3.62. The van der Waals surface area contributed by atoms with Gasteiger partial charge in [-0.15, -0.1) is 0 Å². The highest BCUT2D eigenvalue weighted by Crippen LogP contribution is 2.12. The lowest BCUT2D eigenvalue weighted by Gasteiger charge is -2.17. The minimum atomic E-state index is -0.381. The first-order chi connectivity index (χ1) is 7.50. The summed E-state index contributed by atoms with van der Waals surface area (Å²) in [6.45, 7) is 7.20. The zero-order valence-corrected chi connectivity index (χ0v) is 9.93. The van der Waals surface area contributed by atoms with E-state index < -0.39 is 0 Å². The average molecular weight is 222 g/mol.